The SMILES string of the molecule is CCC(Oc1ccc(Br)cc1CC(C)N)C(=O)O. The molecule has 0 heterocycles. The lowest BCUT2D eigenvalue weighted by Crippen LogP contribution is -2.27. The number of rotatable bonds is 6. The molecule has 0 aliphatic carbocycles. The highest BCUT2D eigenvalue weighted by atomic mass is 79.9. The van der Waals surface area contributed by atoms with Crippen LogP contribution in [-0.4, -0.2) is 23.2 Å². The molecule has 2 atom stereocenters. The van der Waals surface area contributed by atoms with E-state index in [4.69, 9.17) is 15.6 Å². The zero-order valence-electron chi connectivity index (χ0n) is 10.5. The van der Waals surface area contributed by atoms with E-state index in [1.54, 1.807) is 13.0 Å². The fourth-order valence-corrected chi connectivity index (χ4v) is 2.04. The fraction of sp³-hybridized carbons (Fsp3) is 0.462. The number of carboxylic acid groups (broad SMARTS) is 1. The summed E-state index contributed by atoms with van der Waals surface area (Å²) in [5.41, 5.74) is 6.70. The minimum absolute atomic E-state index is 0.00782. The number of benzene rings is 1. The van der Waals surface area contributed by atoms with Crippen LogP contribution < -0.4 is 10.5 Å². The average molecular weight is 316 g/mol. The maximum absolute atomic E-state index is 11.0. The predicted octanol–water partition coefficient (Wildman–Crippen LogP) is 2.58. The van der Waals surface area contributed by atoms with Gasteiger partial charge in [0.05, 0.1) is 0 Å². The summed E-state index contributed by atoms with van der Waals surface area (Å²) in [6.07, 6.45) is 0.242. The second kappa shape index (κ2) is 6.75. The van der Waals surface area contributed by atoms with Gasteiger partial charge in [0.1, 0.15) is 5.75 Å². The van der Waals surface area contributed by atoms with E-state index >= 15 is 0 Å². The number of aliphatic carboxylic acids is 1. The Hall–Kier alpha value is -1.07. The summed E-state index contributed by atoms with van der Waals surface area (Å²) in [6.45, 7) is 3.68. The molecule has 0 aliphatic rings. The number of nitrogens with two attached hydrogens (primary N) is 1. The van der Waals surface area contributed by atoms with Gasteiger partial charge in [0.15, 0.2) is 6.10 Å². The molecule has 0 bridgehead atoms. The fourth-order valence-electron chi connectivity index (χ4n) is 1.63. The van der Waals surface area contributed by atoms with Crippen LogP contribution in [0.25, 0.3) is 0 Å². The number of halogens is 1. The van der Waals surface area contributed by atoms with Crippen molar-refractivity contribution in [2.45, 2.75) is 38.8 Å². The molecule has 100 valence electrons. The largest absolute Gasteiger partial charge is 0.479 e. The van der Waals surface area contributed by atoms with Gasteiger partial charge >= 0.3 is 5.97 Å². The molecule has 1 aromatic rings. The van der Waals surface area contributed by atoms with Gasteiger partial charge in [0.25, 0.3) is 0 Å². The smallest absolute Gasteiger partial charge is 0.344 e. The molecule has 0 saturated carbocycles. The van der Waals surface area contributed by atoms with E-state index in [9.17, 15) is 4.79 Å². The van der Waals surface area contributed by atoms with Gasteiger partial charge in [-0.15, -0.1) is 0 Å². The van der Waals surface area contributed by atoms with E-state index in [0.29, 0.717) is 18.6 Å². The summed E-state index contributed by atoms with van der Waals surface area (Å²) in [5.74, 6) is -0.364. The molecule has 3 N–H and O–H groups in total. The van der Waals surface area contributed by atoms with Gasteiger partial charge in [-0.3, -0.25) is 0 Å². The van der Waals surface area contributed by atoms with Crippen LogP contribution in [0, 0.1) is 0 Å². The average Bonchev–Trinajstić information content (AvgIpc) is 2.26. The zero-order chi connectivity index (χ0) is 13.7. The molecule has 0 saturated heterocycles. The number of carbonyl (C=O) groups is 1. The Bertz CT molecular complexity index is 421. The molecule has 0 aromatic heterocycles. The normalized spacial score (nSPS) is 14.0. The summed E-state index contributed by atoms with van der Waals surface area (Å²) in [6, 6.07) is 5.50. The van der Waals surface area contributed by atoms with E-state index in [1.807, 2.05) is 19.1 Å². The molecular formula is C13H18BrNO3. The molecule has 2 unspecified atom stereocenters. The summed E-state index contributed by atoms with van der Waals surface area (Å²) in [4.78, 5) is 11.0. The molecule has 0 fully saturated rings. The van der Waals surface area contributed by atoms with E-state index in [-0.39, 0.29) is 6.04 Å². The van der Waals surface area contributed by atoms with E-state index < -0.39 is 12.1 Å². The summed E-state index contributed by atoms with van der Waals surface area (Å²) < 4.78 is 6.46. The third kappa shape index (κ3) is 4.31. The van der Waals surface area contributed by atoms with Crippen LogP contribution in [0.15, 0.2) is 22.7 Å². The van der Waals surface area contributed by atoms with Gasteiger partial charge < -0.3 is 15.6 Å². The first-order valence-corrected chi connectivity index (χ1v) is 6.66. The highest BCUT2D eigenvalue weighted by Gasteiger charge is 2.18. The van der Waals surface area contributed by atoms with Gasteiger partial charge in [0.2, 0.25) is 0 Å². The third-order valence-corrected chi connectivity index (χ3v) is 2.97. The van der Waals surface area contributed by atoms with Crippen LogP contribution in [0.3, 0.4) is 0 Å². The van der Waals surface area contributed by atoms with Crippen molar-refractivity contribution in [3.63, 3.8) is 0 Å². The van der Waals surface area contributed by atoms with Crippen molar-refractivity contribution in [3.05, 3.63) is 28.2 Å². The van der Waals surface area contributed by atoms with Gasteiger partial charge in [-0.05, 0) is 43.5 Å². The molecule has 1 rings (SSSR count). The number of hydrogen-bond donors (Lipinski definition) is 2. The maximum Gasteiger partial charge on any atom is 0.344 e. The van der Waals surface area contributed by atoms with Gasteiger partial charge in [-0.1, -0.05) is 22.9 Å². The standard InChI is InChI=1S/C13H18BrNO3/c1-3-11(13(16)17)18-12-5-4-10(14)7-9(12)6-8(2)15/h4-5,7-8,11H,3,6,15H2,1-2H3,(H,16,17). The van der Waals surface area contributed by atoms with Crippen LogP contribution in [0.2, 0.25) is 0 Å². The van der Waals surface area contributed by atoms with Gasteiger partial charge in [0, 0.05) is 10.5 Å². The molecule has 5 heteroatoms. The lowest BCUT2D eigenvalue weighted by atomic mass is 10.1. The zero-order valence-corrected chi connectivity index (χ0v) is 12.1. The lowest BCUT2D eigenvalue weighted by Gasteiger charge is -2.17. The van der Waals surface area contributed by atoms with Crippen LogP contribution in [0.1, 0.15) is 25.8 Å². The third-order valence-electron chi connectivity index (χ3n) is 2.48. The van der Waals surface area contributed by atoms with E-state index in [2.05, 4.69) is 15.9 Å². The topological polar surface area (TPSA) is 72.5 Å². The quantitative estimate of drug-likeness (QED) is 0.846. The molecule has 1 aromatic carbocycles. The highest BCUT2D eigenvalue weighted by molar-refractivity contribution is 9.10. The van der Waals surface area contributed by atoms with Gasteiger partial charge in [-0.25, -0.2) is 4.79 Å². The number of ether oxygens (including phenoxy) is 1. The highest BCUT2D eigenvalue weighted by Crippen LogP contribution is 2.25. The van der Waals surface area contributed by atoms with Crippen molar-refractivity contribution in [1.29, 1.82) is 0 Å². The molecule has 0 spiro atoms. The monoisotopic (exact) mass is 315 g/mol. The molecule has 18 heavy (non-hydrogen) atoms. The minimum atomic E-state index is -0.952. The van der Waals surface area contributed by atoms with Gasteiger partial charge in [-0.2, -0.15) is 0 Å². The van der Waals surface area contributed by atoms with Crippen molar-refractivity contribution < 1.29 is 14.6 Å². The Kier molecular flexibility index (Phi) is 5.62. The van der Waals surface area contributed by atoms with Crippen LogP contribution in [0.4, 0.5) is 0 Å². The van der Waals surface area contributed by atoms with E-state index in [0.717, 1.165) is 10.0 Å². The first-order valence-electron chi connectivity index (χ1n) is 5.87. The molecular weight excluding hydrogens is 298 g/mol. The van der Waals surface area contributed by atoms with Crippen molar-refractivity contribution in [2.24, 2.45) is 5.73 Å². The summed E-state index contributed by atoms with van der Waals surface area (Å²) >= 11 is 3.39. The number of carboxylic acids is 1. The van der Waals surface area contributed by atoms with E-state index in [1.165, 1.54) is 0 Å². The molecule has 0 aliphatic heterocycles. The Morgan fingerprint density at radius 1 is 1.56 bits per heavy atom. The van der Waals surface area contributed by atoms with Crippen LogP contribution in [0.5, 0.6) is 5.75 Å². The molecule has 0 amide bonds. The second-order valence-electron chi connectivity index (χ2n) is 4.29. The predicted molar refractivity (Wildman–Crippen MR) is 73.8 cm³/mol. The van der Waals surface area contributed by atoms with Crippen LogP contribution >= 0.6 is 15.9 Å². The lowest BCUT2D eigenvalue weighted by molar-refractivity contribution is -0.145. The maximum atomic E-state index is 11.0. The number of hydrogen-bond acceptors (Lipinski definition) is 3. The Morgan fingerprint density at radius 2 is 2.22 bits per heavy atom. The first kappa shape index (κ1) is 15.0. The summed E-state index contributed by atoms with van der Waals surface area (Å²) in [5, 5.41) is 9.00. The Balaban J connectivity index is 2.96. The van der Waals surface area contributed by atoms with Crippen molar-refractivity contribution in [1.82, 2.24) is 0 Å². The molecule has 4 nitrogen and oxygen atoms in total. The summed E-state index contributed by atoms with van der Waals surface area (Å²) in [7, 11) is 0. The Morgan fingerprint density at radius 3 is 2.72 bits per heavy atom. The van der Waals surface area contributed by atoms with Crippen molar-refractivity contribution in [3.8, 4) is 5.75 Å². The van der Waals surface area contributed by atoms with Crippen LogP contribution in [-0.2, 0) is 11.2 Å². The second-order valence-corrected chi connectivity index (χ2v) is 5.20. The Labute approximate surface area is 115 Å². The first-order chi connectivity index (χ1) is 8.43. The van der Waals surface area contributed by atoms with Crippen molar-refractivity contribution in [2.75, 3.05) is 0 Å². The molecule has 0 radical (unpaired) electrons. The minimum Gasteiger partial charge on any atom is -0.479 e. The van der Waals surface area contributed by atoms with Crippen molar-refractivity contribution >= 4 is 21.9 Å².